The van der Waals surface area contributed by atoms with E-state index in [1.165, 1.54) is 47.3 Å². The maximum atomic E-state index is 5.31. The third-order valence-corrected chi connectivity index (χ3v) is 12.8. The van der Waals surface area contributed by atoms with Gasteiger partial charge >= 0.3 is 0 Å². The highest BCUT2D eigenvalue weighted by molar-refractivity contribution is 7.26. The second-order valence-electron chi connectivity index (χ2n) is 15.2. The minimum atomic E-state index is 0.614. The number of hydrogen-bond acceptors (Lipinski definition) is 4. The summed E-state index contributed by atoms with van der Waals surface area (Å²) in [4.78, 5) is 15.7. The number of nitrogens with zero attached hydrogens (tertiary/aromatic N) is 4. The molecule has 0 N–H and O–H groups in total. The molecule has 0 atom stereocenters. The largest absolute Gasteiger partial charge is 0.309 e. The van der Waals surface area contributed by atoms with Gasteiger partial charge in [0.15, 0.2) is 17.5 Å². The summed E-state index contributed by atoms with van der Waals surface area (Å²) in [6.07, 6.45) is 0. The number of rotatable bonds is 6. The van der Waals surface area contributed by atoms with Crippen LogP contribution in [0.5, 0.6) is 0 Å². The predicted molar refractivity (Wildman–Crippen MR) is 252 cm³/mol. The lowest BCUT2D eigenvalue weighted by molar-refractivity contribution is 1.07. The van der Waals surface area contributed by atoms with E-state index < -0.39 is 0 Å². The average Bonchev–Trinajstić information content (AvgIpc) is 3.86. The van der Waals surface area contributed by atoms with E-state index in [1.807, 2.05) is 29.5 Å². The molecule has 5 heteroatoms. The molecule has 0 unspecified atom stereocenters. The second kappa shape index (κ2) is 14.0. The van der Waals surface area contributed by atoms with Gasteiger partial charge in [-0.05, 0) is 58.3 Å². The van der Waals surface area contributed by atoms with Crippen molar-refractivity contribution in [3.05, 3.63) is 206 Å². The molecule has 0 saturated carbocycles. The van der Waals surface area contributed by atoms with Gasteiger partial charge in [-0.1, -0.05) is 170 Å². The lowest BCUT2D eigenvalue weighted by Gasteiger charge is -2.16. The van der Waals surface area contributed by atoms with Crippen LogP contribution in [0.2, 0.25) is 0 Å². The van der Waals surface area contributed by atoms with E-state index in [-0.39, 0.29) is 0 Å². The molecule has 9 aromatic carbocycles. The SMILES string of the molecule is c1ccc(-c2nc(-c3cccc(-c4c5ccccc5cc5c4sc4ccccc45)c3)nc(-c3ccc(-c4ccccc4)c(-n4c5ccccc5c5ccccc54)c3)n2)cc1. The molecular formula is C55H34N4S. The van der Waals surface area contributed by atoms with Crippen molar-refractivity contribution in [1.82, 2.24) is 19.5 Å². The zero-order valence-corrected chi connectivity index (χ0v) is 33.1. The molecule has 60 heavy (non-hydrogen) atoms. The molecule has 3 aromatic heterocycles. The van der Waals surface area contributed by atoms with Gasteiger partial charge in [0.25, 0.3) is 0 Å². The average molecular weight is 783 g/mol. The number of para-hydroxylation sites is 2. The molecule has 0 aliphatic rings. The van der Waals surface area contributed by atoms with Crippen molar-refractivity contribution in [3.8, 4) is 62.1 Å². The van der Waals surface area contributed by atoms with Crippen molar-refractivity contribution in [2.75, 3.05) is 0 Å². The zero-order chi connectivity index (χ0) is 39.6. The maximum absolute atomic E-state index is 5.31. The number of fused-ring (bicyclic) bond motifs is 7. The first-order chi connectivity index (χ1) is 29.7. The molecule has 0 spiro atoms. The fraction of sp³-hybridized carbons (Fsp3) is 0. The minimum absolute atomic E-state index is 0.614. The number of aromatic nitrogens is 4. The molecule has 3 heterocycles. The number of hydrogen-bond donors (Lipinski definition) is 0. The summed E-state index contributed by atoms with van der Waals surface area (Å²) < 4.78 is 4.96. The van der Waals surface area contributed by atoms with Crippen LogP contribution in [0.3, 0.4) is 0 Å². The standard InChI is InChI=1S/C55H34N4S/c1-3-16-35(17-4-1)41-31-30-40(34-49(41)59-47-27-12-9-24-43(47)44-25-10-13-28-48(44)59)55-57-53(36-18-5-2-6-19-36)56-54(58-55)39-22-15-21-38(32-39)51-42-23-8-7-20-37(42)33-46-45-26-11-14-29-50(45)60-52(46)51/h1-34H. The summed E-state index contributed by atoms with van der Waals surface area (Å²) >= 11 is 1.86. The molecule has 280 valence electrons. The fourth-order valence-corrected chi connectivity index (χ4v) is 10.1. The monoisotopic (exact) mass is 782 g/mol. The molecule has 0 fully saturated rings. The van der Waals surface area contributed by atoms with Gasteiger partial charge in [0.1, 0.15) is 0 Å². The first kappa shape index (κ1) is 34.3. The smallest absolute Gasteiger partial charge is 0.164 e. The van der Waals surface area contributed by atoms with Crippen molar-refractivity contribution in [1.29, 1.82) is 0 Å². The summed E-state index contributed by atoms with van der Waals surface area (Å²) in [7, 11) is 0. The van der Waals surface area contributed by atoms with E-state index >= 15 is 0 Å². The topological polar surface area (TPSA) is 43.6 Å². The molecule has 12 rings (SSSR count). The molecule has 0 radical (unpaired) electrons. The van der Waals surface area contributed by atoms with Gasteiger partial charge in [0.2, 0.25) is 0 Å². The van der Waals surface area contributed by atoms with Crippen LogP contribution in [0.1, 0.15) is 0 Å². The second-order valence-corrected chi connectivity index (χ2v) is 16.2. The maximum Gasteiger partial charge on any atom is 0.164 e. The summed E-state index contributed by atoms with van der Waals surface area (Å²) in [5.41, 5.74) is 10.7. The Morgan fingerprint density at radius 2 is 0.883 bits per heavy atom. The Balaban J connectivity index is 1.08. The van der Waals surface area contributed by atoms with Gasteiger partial charge in [-0.25, -0.2) is 15.0 Å². The Morgan fingerprint density at radius 3 is 1.60 bits per heavy atom. The van der Waals surface area contributed by atoms with Crippen LogP contribution in [-0.2, 0) is 0 Å². The molecule has 0 amide bonds. The Bertz CT molecular complexity index is 3550. The van der Waals surface area contributed by atoms with Gasteiger partial charge in [-0.2, -0.15) is 0 Å². The Hall–Kier alpha value is -7.73. The van der Waals surface area contributed by atoms with Crippen molar-refractivity contribution in [3.63, 3.8) is 0 Å². The van der Waals surface area contributed by atoms with E-state index in [2.05, 4.69) is 193 Å². The molecule has 0 bridgehead atoms. The molecule has 0 aliphatic carbocycles. The van der Waals surface area contributed by atoms with Crippen LogP contribution in [0.15, 0.2) is 206 Å². The van der Waals surface area contributed by atoms with Crippen molar-refractivity contribution in [2.24, 2.45) is 0 Å². The predicted octanol–water partition coefficient (Wildman–Crippen LogP) is 14.8. The Morgan fingerprint density at radius 1 is 0.350 bits per heavy atom. The van der Waals surface area contributed by atoms with Gasteiger partial charge in [-0.3, -0.25) is 0 Å². The van der Waals surface area contributed by atoms with E-state index in [0.29, 0.717) is 17.5 Å². The quantitative estimate of drug-likeness (QED) is 0.169. The van der Waals surface area contributed by atoms with E-state index in [0.717, 1.165) is 50.1 Å². The van der Waals surface area contributed by atoms with Crippen LogP contribution in [0.4, 0.5) is 0 Å². The molecule has 0 saturated heterocycles. The molecule has 4 nitrogen and oxygen atoms in total. The first-order valence-corrected chi connectivity index (χ1v) is 21.0. The lowest BCUT2D eigenvalue weighted by atomic mass is 9.94. The molecule has 0 aliphatic heterocycles. The van der Waals surface area contributed by atoms with Crippen molar-refractivity contribution in [2.45, 2.75) is 0 Å². The van der Waals surface area contributed by atoms with Crippen molar-refractivity contribution < 1.29 is 0 Å². The van der Waals surface area contributed by atoms with Gasteiger partial charge < -0.3 is 4.57 Å². The van der Waals surface area contributed by atoms with Crippen LogP contribution >= 0.6 is 11.3 Å². The fourth-order valence-electron chi connectivity index (χ4n) is 8.87. The minimum Gasteiger partial charge on any atom is -0.309 e. The van der Waals surface area contributed by atoms with E-state index in [1.54, 1.807) is 0 Å². The number of benzene rings is 9. The summed E-state index contributed by atoms with van der Waals surface area (Å²) in [6, 6.07) is 73.3. The van der Waals surface area contributed by atoms with E-state index in [9.17, 15) is 0 Å². The highest BCUT2D eigenvalue weighted by atomic mass is 32.1. The lowest BCUT2D eigenvalue weighted by Crippen LogP contribution is -2.02. The third-order valence-electron chi connectivity index (χ3n) is 11.6. The summed E-state index contributed by atoms with van der Waals surface area (Å²) in [5.74, 6) is 1.87. The van der Waals surface area contributed by atoms with Crippen LogP contribution < -0.4 is 0 Å². The number of thiophene rings is 1. The highest BCUT2D eigenvalue weighted by Crippen LogP contribution is 2.45. The molecular weight excluding hydrogens is 749 g/mol. The van der Waals surface area contributed by atoms with Gasteiger partial charge in [0, 0.05) is 58.8 Å². The summed E-state index contributed by atoms with van der Waals surface area (Å²) in [6.45, 7) is 0. The normalized spacial score (nSPS) is 11.7. The molecule has 12 aromatic rings. The summed E-state index contributed by atoms with van der Waals surface area (Å²) in [5, 5.41) is 7.44. The Labute approximate surface area is 350 Å². The van der Waals surface area contributed by atoms with Crippen LogP contribution in [0.25, 0.3) is 115 Å². The zero-order valence-electron chi connectivity index (χ0n) is 32.3. The highest BCUT2D eigenvalue weighted by Gasteiger charge is 2.20. The van der Waals surface area contributed by atoms with E-state index in [4.69, 9.17) is 15.0 Å². The van der Waals surface area contributed by atoms with Crippen molar-refractivity contribution >= 4 is 64.1 Å². The Kier molecular flexibility index (Phi) is 8.00. The first-order valence-electron chi connectivity index (χ1n) is 20.2. The van der Waals surface area contributed by atoms with Gasteiger partial charge in [-0.15, -0.1) is 11.3 Å². The van der Waals surface area contributed by atoms with Gasteiger partial charge in [0.05, 0.1) is 16.7 Å². The third kappa shape index (κ3) is 5.63. The van der Waals surface area contributed by atoms with Crippen LogP contribution in [0, 0.1) is 0 Å². The van der Waals surface area contributed by atoms with Crippen LogP contribution in [-0.4, -0.2) is 19.5 Å².